The van der Waals surface area contributed by atoms with Crippen LogP contribution in [0.25, 0.3) is 0 Å². The van der Waals surface area contributed by atoms with E-state index >= 15 is 0 Å². The molecule has 0 amide bonds. The molecule has 1 nitrogen and oxygen atoms in total. The third-order valence-corrected chi connectivity index (χ3v) is 3.21. The van der Waals surface area contributed by atoms with Crippen LogP contribution in [-0.4, -0.2) is 18.3 Å². The first-order valence-electron chi connectivity index (χ1n) is 4.82. The average Bonchev–Trinajstić information content (AvgIpc) is 2.22. The Bertz CT molecular complexity index is 318. The SMILES string of the molecule is CN=C(CCc1ccccc1C)SC. The Kier molecular flexibility index (Phi) is 4.74. The first-order chi connectivity index (χ1) is 6.77. The zero-order valence-electron chi connectivity index (χ0n) is 9.08. The molecule has 1 aromatic carbocycles. The average molecular weight is 207 g/mol. The molecule has 0 atom stereocenters. The Morgan fingerprint density at radius 1 is 1.36 bits per heavy atom. The minimum absolute atomic E-state index is 1.06. The quantitative estimate of drug-likeness (QED) is 0.547. The van der Waals surface area contributed by atoms with Gasteiger partial charge in [0.05, 0.1) is 5.04 Å². The minimum atomic E-state index is 1.06. The van der Waals surface area contributed by atoms with Crippen molar-refractivity contribution in [3.05, 3.63) is 35.4 Å². The van der Waals surface area contributed by atoms with E-state index in [1.54, 1.807) is 11.8 Å². The van der Waals surface area contributed by atoms with Crippen LogP contribution in [0.2, 0.25) is 0 Å². The van der Waals surface area contributed by atoms with Gasteiger partial charge in [-0.15, -0.1) is 11.8 Å². The van der Waals surface area contributed by atoms with Crippen LogP contribution in [-0.2, 0) is 6.42 Å². The Morgan fingerprint density at radius 2 is 2.07 bits per heavy atom. The van der Waals surface area contributed by atoms with Crippen LogP contribution >= 0.6 is 11.8 Å². The van der Waals surface area contributed by atoms with E-state index in [2.05, 4.69) is 42.4 Å². The summed E-state index contributed by atoms with van der Waals surface area (Å²) in [7, 11) is 1.86. The zero-order valence-corrected chi connectivity index (χ0v) is 9.90. The van der Waals surface area contributed by atoms with Gasteiger partial charge < -0.3 is 0 Å². The van der Waals surface area contributed by atoms with E-state index in [1.807, 2.05) is 7.05 Å². The highest BCUT2D eigenvalue weighted by molar-refractivity contribution is 8.13. The molecule has 0 saturated heterocycles. The summed E-state index contributed by atoms with van der Waals surface area (Å²) in [5.74, 6) is 0. The Morgan fingerprint density at radius 3 is 2.64 bits per heavy atom. The van der Waals surface area contributed by atoms with Crippen LogP contribution in [0, 0.1) is 6.92 Å². The number of hydrogen-bond donors (Lipinski definition) is 0. The van der Waals surface area contributed by atoms with Crippen LogP contribution in [0.4, 0.5) is 0 Å². The van der Waals surface area contributed by atoms with E-state index in [0.717, 1.165) is 12.8 Å². The Labute approximate surface area is 90.6 Å². The summed E-state index contributed by atoms with van der Waals surface area (Å²) >= 11 is 1.75. The molecule has 0 fully saturated rings. The third-order valence-electron chi connectivity index (χ3n) is 2.35. The molecule has 0 unspecified atom stereocenters. The van der Waals surface area contributed by atoms with Crippen LogP contribution < -0.4 is 0 Å². The molecule has 1 rings (SSSR count). The number of nitrogens with zero attached hydrogens (tertiary/aromatic N) is 1. The maximum absolute atomic E-state index is 4.23. The van der Waals surface area contributed by atoms with Crippen molar-refractivity contribution in [3.63, 3.8) is 0 Å². The molecular formula is C12H17NS. The molecule has 0 spiro atoms. The summed E-state index contributed by atoms with van der Waals surface area (Å²) in [6, 6.07) is 8.55. The summed E-state index contributed by atoms with van der Waals surface area (Å²) in [5, 5.41) is 1.23. The number of aliphatic imine (C=N–C) groups is 1. The molecule has 0 aromatic heterocycles. The van der Waals surface area contributed by atoms with Gasteiger partial charge in [0.2, 0.25) is 0 Å². The smallest absolute Gasteiger partial charge is 0.0673 e. The molecule has 0 saturated carbocycles. The van der Waals surface area contributed by atoms with Crippen molar-refractivity contribution < 1.29 is 0 Å². The predicted molar refractivity (Wildman–Crippen MR) is 66.4 cm³/mol. The summed E-state index contributed by atoms with van der Waals surface area (Å²) < 4.78 is 0. The number of aryl methyl sites for hydroxylation is 2. The van der Waals surface area contributed by atoms with Gasteiger partial charge in [-0.25, -0.2) is 0 Å². The maximum atomic E-state index is 4.23. The highest BCUT2D eigenvalue weighted by Gasteiger charge is 2.00. The monoisotopic (exact) mass is 207 g/mol. The van der Waals surface area contributed by atoms with E-state index in [1.165, 1.54) is 16.2 Å². The third kappa shape index (κ3) is 3.18. The fourth-order valence-electron chi connectivity index (χ4n) is 1.44. The lowest BCUT2D eigenvalue weighted by Gasteiger charge is -2.05. The van der Waals surface area contributed by atoms with Gasteiger partial charge in [0, 0.05) is 7.05 Å². The lowest BCUT2D eigenvalue weighted by atomic mass is 10.0. The number of hydrogen-bond acceptors (Lipinski definition) is 2. The molecule has 0 aliphatic rings. The number of rotatable bonds is 3. The number of thioether (sulfide) groups is 1. The van der Waals surface area contributed by atoms with Crippen LogP contribution in [0.1, 0.15) is 17.5 Å². The van der Waals surface area contributed by atoms with Gasteiger partial charge >= 0.3 is 0 Å². The van der Waals surface area contributed by atoms with Gasteiger partial charge in [-0.05, 0) is 37.1 Å². The molecule has 0 radical (unpaired) electrons. The van der Waals surface area contributed by atoms with E-state index in [9.17, 15) is 0 Å². The summed E-state index contributed by atoms with van der Waals surface area (Å²) in [6.07, 6.45) is 4.24. The number of benzene rings is 1. The van der Waals surface area contributed by atoms with Crippen molar-refractivity contribution >= 4 is 16.8 Å². The van der Waals surface area contributed by atoms with Crippen molar-refractivity contribution in [1.82, 2.24) is 0 Å². The van der Waals surface area contributed by atoms with Crippen LogP contribution in [0.15, 0.2) is 29.3 Å². The lowest BCUT2D eigenvalue weighted by molar-refractivity contribution is 1.03. The van der Waals surface area contributed by atoms with Gasteiger partial charge in [0.15, 0.2) is 0 Å². The van der Waals surface area contributed by atoms with Crippen molar-refractivity contribution in [3.8, 4) is 0 Å². The molecule has 76 valence electrons. The van der Waals surface area contributed by atoms with E-state index in [-0.39, 0.29) is 0 Å². The molecule has 0 N–H and O–H groups in total. The van der Waals surface area contributed by atoms with Gasteiger partial charge in [-0.2, -0.15) is 0 Å². The first-order valence-corrected chi connectivity index (χ1v) is 6.04. The first kappa shape index (κ1) is 11.3. The second-order valence-electron chi connectivity index (χ2n) is 3.25. The van der Waals surface area contributed by atoms with Crippen molar-refractivity contribution in [2.24, 2.45) is 4.99 Å². The molecule has 2 heteroatoms. The highest BCUT2D eigenvalue weighted by atomic mass is 32.2. The fraction of sp³-hybridized carbons (Fsp3) is 0.417. The molecule has 0 aliphatic carbocycles. The van der Waals surface area contributed by atoms with Gasteiger partial charge in [0.1, 0.15) is 0 Å². The molecule has 14 heavy (non-hydrogen) atoms. The summed E-state index contributed by atoms with van der Waals surface area (Å²) in [5.41, 5.74) is 2.81. The molecule has 1 aromatic rings. The molecule has 0 aliphatic heterocycles. The fourth-order valence-corrected chi connectivity index (χ4v) is 1.93. The Balaban J connectivity index is 2.58. The van der Waals surface area contributed by atoms with Crippen molar-refractivity contribution in [2.75, 3.05) is 13.3 Å². The maximum Gasteiger partial charge on any atom is 0.0673 e. The summed E-state index contributed by atoms with van der Waals surface area (Å²) in [6.45, 7) is 2.16. The molecular weight excluding hydrogens is 190 g/mol. The van der Waals surface area contributed by atoms with Gasteiger partial charge in [0.25, 0.3) is 0 Å². The van der Waals surface area contributed by atoms with Crippen LogP contribution in [0.5, 0.6) is 0 Å². The largest absolute Gasteiger partial charge is 0.286 e. The minimum Gasteiger partial charge on any atom is -0.286 e. The summed E-state index contributed by atoms with van der Waals surface area (Å²) in [4.78, 5) is 4.23. The van der Waals surface area contributed by atoms with Gasteiger partial charge in [-0.3, -0.25) is 4.99 Å². The molecule has 0 bridgehead atoms. The lowest BCUT2D eigenvalue weighted by Crippen LogP contribution is -1.96. The van der Waals surface area contributed by atoms with Crippen molar-refractivity contribution in [1.29, 1.82) is 0 Å². The topological polar surface area (TPSA) is 12.4 Å². The van der Waals surface area contributed by atoms with E-state index in [4.69, 9.17) is 0 Å². The predicted octanol–water partition coefficient (Wildman–Crippen LogP) is 3.32. The molecule has 0 heterocycles. The highest BCUT2D eigenvalue weighted by Crippen LogP contribution is 2.12. The standard InChI is InChI=1S/C12H17NS/c1-10-6-4-5-7-11(10)8-9-12(13-2)14-3/h4-7H,8-9H2,1-3H3. The van der Waals surface area contributed by atoms with Gasteiger partial charge in [-0.1, -0.05) is 24.3 Å². The second kappa shape index (κ2) is 5.86. The van der Waals surface area contributed by atoms with Crippen LogP contribution in [0.3, 0.4) is 0 Å². The van der Waals surface area contributed by atoms with E-state index < -0.39 is 0 Å². The zero-order chi connectivity index (χ0) is 10.4. The van der Waals surface area contributed by atoms with Crippen molar-refractivity contribution in [2.45, 2.75) is 19.8 Å². The second-order valence-corrected chi connectivity index (χ2v) is 4.13. The Hall–Kier alpha value is -0.760. The normalized spacial score (nSPS) is 11.8. The van der Waals surface area contributed by atoms with E-state index in [0.29, 0.717) is 0 Å².